The maximum absolute atomic E-state index is 4.35. The molecule has 1 aromatic heterocycles. The van der Waals surface area contributed by atoms with Gasteiger partial charge in [0.1, 0.15) is 0 Å². The second-order valence-corrected chi connectivity index (χ2v) is 5.66. The van der Waals surface area contributed by atoms with Crippen molar-refractivity contribution in [3.63, 3.8) is 0 Å². The Morgan fingerprint density at radius 2 is 1.71 bits per heavy atom. The molecule has 17 heavy (non-hydrogen) atoms. The van der Waals surface area contributed by atoms with Crippen molar-refractivity contribution >= 4 is 0 Å². The number of rotatable bonds is 7. The normalized spacial score (nSPS) is 11.7. The molecule has 0 saturated heterocycles. The average molecular weight is 234 g/mol. The van der Waals surface area contributed by atoms with Crippen LogP contribution in [0, 0.1) is 11.8 Å². The lowest BCUT2D eigenvalue weighted by atomic mass is 9.95. The number of pyridine rings is 1. The Morgan fingerprint density at radius 1 is 1.06 bits per heavy atom. The highest BCUT2D eigenvalue weighted by atomic mass is 14.9. The van der Waals surface area contributed by atoms with Crippen molar-refractivity contribution in [2.45, 2.75) is 53.1 Å². The van der Waals surface area contributed by atoms with E-state index in [0.29, 0.717) is 6.04 Å². The second-order valence-electron chi connectivity index (χ2n) is 5.66. The van der Waals surface area contributed by atoms with Crippen LogP contribution in [0.5, 0.6) is 0 Å². The SMILES string of the molecule is CC(C)CC(CC(C)C)NCc1ccccn1. The van der Waals surface area contributed by atoms with Gasteiger partial charge < -0.3 is 5.32 Å². The van der Waals surface area contributed by atoms with Gasteiger partial charge in [-0.1, -0.05) is 33.8 Å². The Morgan fingerprint density at radius 3 is 2.18 bits per heavy atom. The molecule has 2 heteroatoms. The summed E-state index contributed by atoms with van der Waals surface area (Å²) in [5.74, 6) is 1.49. The molecule has 0 amide bonds. The Labute approximate surface area is 106 Å². The predicted octanol–water partition coefficient (Wildman–Crippen LogP) is 3.63. The van der Waals surface area contributed by atoms with Crippen LogP contribution in [-0.2, 0) is 6.54 Å². The fraction of sp³-hybridized carbons (Fsp3) is 0.667. The highest BCUT2D eigenvalue weighted by Gasteiger charge is 2.12. The molecule has 1 N–H and O–H groups in total. The molecule has 0 fully saturated rings. The Bertz CT molecular complexity index is 283. The zero-order valence-electron chi connectivity index (χ0n) is 11.6. The summed E-state index contributed by atoms with van der Waals surface area (Å²) in [6, 6.07) is 6.69. The molecule has 0 atom stereocenters. The molecule has 0 aliphatic carbocycles. The topological polar surface area (TPSA) is 24.9 Å². The summed E-state index contributed by atoms with van der Waals surface area (Å²) in [7, 11) is 0. The first-order valence-electron chi connectivity index (χ1n) is 6.71. The number of hydrogen-bond donors (Lipinski definition) is 1. The lowest BCUT2D eigenvalue weighted by Crippen LogP contribution is -2.31. The molecule has 0 aliphatic rings. The molecule has 0 aliphatic heterocycles. The zero-order chi connectivity index (χ0) is 12.7. The van der Waals surface area contributed by atoms with Crippen molar-refractivity contribution in [2.75, 3.05) is 0 Å². The molecule has 96 valence electrons. The smallest absolute Gasteiger partial charge is 0.0541 e. The summed E-state index contributed by atoms with van der Waals surface area (Å²) >= 11 is 0. The molecular weight excluding hydrogens is 208 g/mol. The summed E-state index contributed by atoms with van der Waals surface area (Å²) < 4.78 is 0. The number of nitrogens with one attached hydrogen (secondary N) is 1. The van der Waals surface area contributed by atoms with Crippen LogP contribution < -0.4 is 5.32 Å². The van der Waals surface area contributed by atoms with Crippen molar-refractivity contribution in [3.05, 3.63) is 30.1 Å². The van der Waals surface area contributed by atoms with Gasteiger partial charge in [0.15, 0.2) is 0 Å². The minimum absolute atomic E-state index is 0.608. The summed E-state index contributed by atoms with van der Waals surface area (Å²) in [4.78, 5) is 4.35. The first-order chi connectivity index (χ1) is 8.08. The van der Waals surface area contributed by atoms with E-state index in [9.17, 15) is 0 Å². The van der Waals surface area contributed by atoms with E-state index in [1.807, 2.05) is 18.3 Å². The van der Waals surface area contributed by atoms with Crippen LogP contribution in [0.2, 0.25) is 0 Å². The van der Waals surface area contributed by atoms with Gasteiger partial charge >= 0.3 is 0 Å². The number of hydrogen-bond acceptors (Lipinski definition) is 2. The lowest BCUT2D eigenvalue weighted by molar-refractivity contribution is 0.357. The van der Waals surface area contributed by atoms with E-state index in [4.69, 9.17) is 0 Å². The van der Waals surface area contributed by atoms with Gasteiger partial charge in [-0.25, -0.2) is 0 Å². The van der Waals surface area contributed by atoms with Gasteiger partial charge in [-0.15, -0.1) is 0 Å². The molecule has 2 nitrogen and oxygen atoms in total. The molecule has 0 aromatic carbocycles. The van der Waals surface area contributed by atoms with Crippen molar-refractivity contribution in [2.24, 2.45) is 11.8 Å². The molecule has 1 rings (SSSR count). The third kappa shape index (κ3) is 6.42. The van der Waals surface area contributed by atoms with E-state index >= 15 is 0 Å². The zero-order valence-corrected chi connectivity index (χ0v) is 11.6. The third-order valence-corrected chi connectivity index (χ3v) is 2.81. The number of aromatic nitrogens is 1. The maximum Gasteiger partial charge on any atom is 0.0541 e. The van der Waals surface area contributed by atoms with E-state index in [2.05, 4.69) is 44.1 Å². The molecule has 0 bridgehead atoms. The van der Waals surface area contributed by atoms with Gasteiger partial charge in [0, 0.05) is 18.8 Å². The number of nitrogens with zero attached hydrogens (tertiary/aromatic N) is 1. The Kier molecular flexibility index (Phi) is 6.20. The molecule has 0 spiro atoms. The minimum atomic E-state index is 0.608. The third-order valence-electron chi connectivity index (χ3n) is 2.81. The molecule has 1 aromatic rings. The fourth-order valence-electron chi connectivity index (χ4n) is 2.15. The summed E-state index contributed by atoms with van der Waals surface area (Å²) in [6.45, 7) is 10.0. The van der Waals surface area contributed by atoms with Crippen LogP contribution in [0.25, 0.3) is 0 Å². The molecule has 1 heterocycles. The molecular formula is C15H26N2. The predicted molar refractivity (Wildman–Crippen MR) is 73.8 cm³/mol. The van der Waals surface area contributed by atoms with E-state index in [0.717, 1.165) is 24.1 Å². The van der Waals surface area contributed by atoms with Crippen molar-refractivity contribution < 1.29 is 0 Å². The van der Waals surface area contributed by atoms with Crippen LogP contribution in [0.15, 0.2) is 24.4 Å². The van der Waals surface area contributed by atoms with Gasteiger partial charge in [0.25, 0.3) is 0 Å². The minimum Gasteiger partial charge on any atom is -0.308 e. The largest absolute Gasteiger partial charge is 0.308 e. The van der Waals surface area contributed by atoms with Crippen molar-refractivity contribution in [1.29, 1.82) is 0 Å². The van der Waals surface area contributed by atoms with E-state index in [1.165, 1.54) is 12.8 Å². The highest BCUT2D eigenvalue weighted by molar-refractivity contribution is 5.03. The van der Waals surface area contributed by atoms with Crippen molar-refractivity contribution in [3.8, 4) is 0 Å². The summed E-state index contributed by atoms with van der Waals surface area (Å²) in [6.07, 6.45) is 4.34. The monoisotopic (exact) mass is 234 g/mol. The highest BCUT2D eigenvalue weighted by Crippen LogP contribution is 2.13. The maximum atomic E-state index is 4.35. The van der Waals surface area contributed by atoms with Crippen LogP contribution in [0.3, 0.4) is 0 Å². The van der Waals surface area contributed by atoms with Crippen LogP contribution in [-0.4, -0.2) is 11.0 Å². The van der Waals surface area contributed by atoms with Gasteiger partial charge in [0.2, 0.25) is 0 Å². The van der Waals surface area contributed by atoms with Crippen LogP contribution in [0.4, 0.5) is 0 Å². The lowest BCUT2D eigenvalue weighted by Gasteiger charge is -2.22. The average Bonchev–Trinajstić information content (AvgIpc) is 2.26. The standard InChI is InChI=1S/C15H26N2/c1-12(2)9-15(10-13(3)4)17-11-14-7-5-6-8-16-14/h5-8,12-13,15,17H,9-11H2,1-4H3. The molecule has 0 saturated carbocycles. The van der Waals surface area contributed by atoms with Gasteiger partial charge in [-0.3, -0.25) is 4.98 Å². The summed E-state index contributed by atoms with van der Waals surface area (Å²) in [5, 5.41) is 3.64. The Hall–Kier alpha value is -0.890. The first-order valence-corrected chi connectivity index (χ1v) is 6.71. The van der Waals surface area contributed by atoms with Gasteiger partial charge in [0.05, 0.1) is 5.69 Å². The van der Waals surface area contributed by atoms with Crippen molar-refractivity contribution in [1.82, 2.24) is 10.3 Å². The quantitative estimate of drug-likeness (QED) is 0.779. The summed E-state index contributed by atoms with van der Waals surface area (Å²) in [5.41, 5.74) is 1.13. The van der Waals surface area contributed by atoms with E-state index < -0.39 is 0 Å². The second kappa shape index (κ2) is 7.44. The van der Waals surface area contributed by atoms with E-state index in [1.54, 1.807) is 0 Å². The Balaban J connectivity index is 2.43. The van der Waals surface area contributed by atoms with E-state index in [-0.39, 0.29) is 0 Å². The first kappa shape index (κ1) is 14.2. The fourth-order valence-corrected chi connectivity index (χ4v) is 2.15. The van der Waals surface area contributed by atoms with Crippen LogP contribution >= 0.6 is 0 Å². The van der Waals surface area contributed by atoms with Gasteiger partial charge in [-0.05, 0) is 36.8 Å². The molecule has 0 radical (unpaired) electrons. The molecule has 0 unspecified atom stereocenters. The van der Waals surface area contributed by atoms with Gasteiger partial charge in [-0.2, -0.15) is 0 Å². The van der Waals surface area contributed by atoms with Crippen LogP contribution in [0.1, 0.15) is 46.2 Å².